The first-order chi connectivity index (χ1) is 8.56. The van der Waals surface area contributed by atoms with Crippen LogP contribution in [0.15, 0.2) is 24.3 Å². The maximum atomic E-state index is 10.6. The Balaban J connectivity index is 2.50. The molecule has 5 nitrogen and oxygen atoms in total. The van der Waals surface area contributed by atoms with Crippen molar-refractivity contribution >= 4 is 11.7 Å². The van der Waals surface area contributed by atoms with Gasteiger partial charge >= 0.3 is 5.97 Å². The molecule has 0 aliphatic heterocycles. The summed E-state index contributed by atoms with van der Waals surface area (Å²) in [4.78, 5) is 12.6. The molecule has 0 saturated carbocycles. The van der Waals surface area contributed by atoms with Crippen LogP contribution in [0.4, 0.5) is 5.69 Å². The average Bonchev–Trinajstić information content (AvgIpc) is 2.38. The molecule has 1 aromatic carbocycles. The highest BCUT2D eigenvalue weighted by molar-refractivity contribution is 5.71. The molecule has 0 fully saturated rings. The fourth-order valence-corrected chi connectivity index (χ4v) is 1.50. The standard InChI is InChI=1S/C13H19NO4/c1-10(13(15)16)18-9-8-14(2)11-6-4-5-7-12(11)17-3/h4-7,10H,8-9H2,1-3H3,(H,15,16). The topological polar surface area (TPSA) is 59.0 Å². The molecule has 1 atom stereocenters. The van der Waals surface area contributed by atoms with Crippen molar-refractivity contribution in [2.45, 2.75) is 13.0 Å². The third kappa shape index (κ3) is 3.92. The maximum Gasteiger partial charge on any atom is 0.332 e. The van der Waals surface area contributed by atoms with E-state index in [0.29, 0.717) is 13.2 Å². The average molecular weight is 253 g/mol. The summed E-state index contributed by atoms with van der Waals surface area (Å²) in [5.74, 6) is -0.166. The van der Waals surface area contributed by atoms with Gasteiger partial charge in [0.15, 0.2) is 6.10 Å². The maximum absolute atomic E-state index is 10.6. The highest BCUT2D eigenvalue weighted by atomic mass is 16.5. The lowest BCUT2D eigenvalue weighted by molar-refractivity contribution is -0.148. The third-order valence-electron chi connectivity index (χ3n) is 2.64. The zero-order valence-electron chi connectivity index (χ0n) is 10.9. The van der Waals surface area contributed by atoms with Crippen LogP contribution >= 0.6 is 0 Å². The first-order valence-electron chi connectivity index (χ1n) is 5.74. The number of rotatable bonds is 7. The number of para-hydroxylation sites is 2. The van der Waals surface area contributed by atoms with Crippen molar-refractivity contribution in [1.29, 1.82) is 0 Å². The van der Waals surface area contributed by atoms with Crippen LogP contribution in [0.1, 0.15) is 6.92 Å². The quantitative estimate of drug-likeness (QED) is 0.800. The number of nitrogens with zero attached hydrogens (tertiary/aromatic N) is 1. The summed E-state index contributed by atoms with van der Waals surface area (Å²) in [6.07, 6.45) is -0.781. The molecule has 100 valence electrons. The number of anilines is 1. The van der Waals surface area contributed by atoms with Crippen LogP contribution in [0.5, 0.6) is 5.75 Å². The second-order valence-electron chi connectivity index (χ2n) is 3.94. The van der Waals surface area contributed by atoms with Gasteiger partial charge < -0.3 is 19.5 Å². The van der Waals surface area contributed by atoms with Gasteiger partial charge in [0.1, 0.15) is 5.75 Å². The lowest BCUT2D eigenvalue weighted by Crippen LogP contribution is -2.27. The number of likely N-dealkylation sites (N-methyl/N-ethyl adjacent to an activating group) is 1. The van der Waals surface area contributed by atoms with Crippen LogP contribution in [0.2, 0.25) is 0 Å². The molecule has 1 N–H and O–H groups in total. The van der Waals surface area contributed by atoms with Gasteiger partial charge in [-0.05, 0) is 19.1 Å². The first-order valence-corrected chi connectivity index (χ1v) is 5.74. The predicted octanol–water partition coefficient (Wildman–Crippen LogP) is 1.62. The Morgan fingerprint density at radius 3 is 2.72 bits per heavy atom. The van der Waals surface area contributed by atoms with Crippen molar-refractivity contribution in [3.63, 3.8) is 0 Å². The number of hydrogen-bond acceptors (Lipinski definition) is 4. The van der Waals surface area contributed by atoms with E-state index in [1.54, 1.807) is 7.11 Å². The van der Waals surface area contributed by atoms with E-state index in [2.05, 4.69) is 0 Å². The summed E-state index contributed by atoms with van der Waals surface area (Å²) in [5.41, 5.74) is 0.951. The molecule has 1 aromatic rings. The van der Waals surface area contributed by atoms with E-state index >= 15 is 0 Å². The van der Waals surface area contributed by atoms with Crippen molar-refractivity contribution < 1.29 is 19.4 Å². The SMILES string of the molecule is COc1ccccc1N(C)CCOC(C)C(=O)O. The minimum atomic E-state index is -0.949. The molecule has 0 bridgehead atoms. The molecule has 0 aliphatic rings. The molecule has 0 spiro atoms. The zero-order chi connectivity index (χ0) is 13.5. The molecular formula is C13H19NO4. The number of carbonyl (C=O) groups is 1. The van der Waals surface area contributed by atoms with E-state index < -0.39 is 12.1 Å². The van der Waals surface area contributed by atoms with Crippen molar-refractivity contribution in [2.24, 2.45) is 0 Å². The zero-order valence-corrected chi connectivity index (χ0v) is 10.9. The lowest BCUT2D eigenvalue weighted by Gasteiger charge is -2.22. The monoisotopic (exact) mass is 253 g/mol. The van der Waals surface area contributed by atoms with Crippen molar-refractivity contribution in [2.75, 3.05) is 32.2 Å². The van der Waals surface area contributed by atoms with Crippen LogP contribution < -0.4 is 9.64 Å². The Labute approximate surface area is 107 Å². The summed E-state index contributed by atoms with van der Waals surface area (Å²) in [6.45, 7) is 2.46. The van der Waals surface area contributed by atoms with Gasteiger partial charge in [-0.15, -0.1) is 0 Å². The number of ether oxygens (including phenoxy) is 2. The fourth-order valence-electron chi connectivity index (χ4n) is 1.50. The summed E-state index contributed by atoms with van der Waals surface area (Å²) in [6, 6.07) is 7.65. The molecule has 0 saturated heterocycles. The van der Waals surface area contributed by atoms with Crippen molar-refractivity contribution in [1.82, 2.24) is 0 Å². The Morgan fingerprint density at radius 2 is 2.11 bits per heavy atom. The van der Waals surface area contributed by atoms with Crippen LogP contribution in [0.25, 0.3) is 0 Å². The predicted molar refractivity (Wildman–Crippen MR) is 69.3 cm³/mol. The normalized spacial score (nSPS) is 11.9. The molecule has 18 heavy (non-hydrogen) atoms. The lowest BCUT2D eigenvalue weighted by atomic mass is 10.2. The summed E-state index contributed by atoms with van der Waals surface area (Å²) in [5, 5.41) is 8.69. The number of carboxylic acid groups (broad SMARTS) is 1. The molecular weight excluding hydrogens is 234 g/mol. The second-order valence-corrected chi connectivity index (χ2v) is 3.94. The van der Waals surface area contributed by atoms with E-state index in [1.807, 2.05) is 36.2 Å². The number of methoxy groups -OCH3 is 1. The van der Waals surface area contributed by atoms with E-state index in [4.69, 9.17) is 14.6 Å². The van der Waals surface area contributed by atoms with Crippen molar-refractivity contribution in [3.8, 4) is 5.75 Å². The molecule has 1 rings (SSSR count). The molecule has 1 unspecified atom stereocenters. The van der Waals surface area contributed by atoms with Crippen LogP contribution in [0.3, 0.4) is 0 Å². The highest BCUT2D eigenvalue weighted by Crippen LogP contribution is 2.26. The van der Waals surface area contributed by atoms with Gasteiger partial charge in [-0.2, -0.15) is 0 Å². The Bertz CT molecular complexity index is 394. The largest absolute Gasteiger partial charge is 0.495 e. The number of hydrogen-bond donors (Lipinski definition) is 1. The number of aliphatic carboxylic acids is 1. The van der Waals surface area contributed by atoms with E-state index in [0.717, 1.165) is 11.4 Å². The summed E-state index contributed by atoms with van der Waals surface area (Å²) < 4.78 is 10.4. The second kappa shape index (κ2) is 6.86. The molecule has 0 radical (unpaired) electrons. The Morgan fingerprint density at radius 1 is 1.44 bits per heavy atom. The molecule has 0 aromatic heterocycles. The van der Waals surface area contributed by atoms with Crippen LogP contribution in [0, 0.1) is 0 Å². The van der Waals surface area contributed by atoms with E-state index in [9.17, 15) is 4.79 Å². The van der Waals surface area contributed by atoms with Gasteiger partial charge in [0.05, 0.1) is 19.4 Å². The van der Waals surface area contributed by atoms with Gasteiger partial charge in [0.2, 0.25) is 0 Å². The van der Waals surface area contributed by atoms with Crippen LogP contribution in [-0.4, -0.2) is 44.5 Å². The van der Waals surface area contributed by atoms with Gasteiger partial charge in [0.25, 0.3) is 0 Å². The smallest absolute Gasteiger partial charge is 0.332 e. The molecule has 0 heterocycles. The van der Waals surface area contributed by atoms with Gasteiger partial charge in [-0.3, -0.25) is 0 Å². The van der Waals surface area contributed by atoms with E-state index in [1.165, 1.54) is 6.92 Å². The Hall–Kier alpha value is -1.75. The number of carboxylic acids is 1. The fraction of sp³-hybridized carbons (Fsp3) is 0.462. The Kier molecular flexibility index (Phi) is 5.45. The molecule has 0 amide bonds. The summed E-state index contributed by atoms with van der Waals surface area (Å²) >= 11 is 0. The van der Waals surface area contributed by atoms with Gasteiger partial charge in [-0.25, -0.2) is 4.79 Å². The van der Waals surface area contributed by atoms with Gasteiger partial charge in [0, 0.05) is 13.6 Å². The van der Waals surface area contributed by atoms with E-state index in [-0.39, 0.29) is 0 Å². The van der Waals surface area contributed by atoms with Gasteiger partial charge in [-0.1, -0.05) is 12.1 Å². The number of benzene rings is 1. The molecule has 0 aliphatic carbocycles. The first kappa shape index (κ1) is 14.3. The van der Waals surface area contributed by atoms with Crippen LogP contribution in [-0.2, 0) is 9.53 Å². The molecule has 5 heteroatoms. The van der Waals surface area contributed by atoms with Crippen molar-refractivity contribution in [3.05, 3.63) is 24.3 Å². The minimum absolute atomic E-state index is 0.349. The summed E-state index contributed by atoms with van der Waals surface area (Å²) in [7, 11) is 3.53. The third-order valence-corrected chi connectivity index (χ3v) is 2.64. The minimum Gasteiger partial charge on any atom is -0.495 e. The highest BCUT2D eigenvalue weighted by Gasteiger charge is 2.12.